The van der Waals surface area contributed by atoms with Crippen LogP contribution in [0.4, 0.5) is 4.39 Å². The predicted octanol–water partition coefficient (Wildman–Crippen LogP) is 3.04. The molecule has 0 unspecified atom stereocenters. The van der Waals surface area contributed by atoms with E-state index in [2.05, 4.69) is 5.32 Å². The standard InChI is InChI=1S/C19H20FNO4/c20-16-6-2-7-17(13-16)25-11-3-8-18(22)21-10-9-14-4-1-5-15(12-14)19(23)24/h1-2,4-7,12-13H,3,8-11H2,(H,21,22)(H,23,24). The molecule has 0 bridgehead atoms. The van der Waals surface area contributed by atoms with E-state index in [1.165, 1.54) is 18.2 Å². The fourth-order valence-corrected chi connectivity index (χ4v) is 2.27. The minimum absolute atomic E-state index is 0.0998. The molecule has 0 saturated heterocycles. The van der Waals surface area contributed by atoms with Crippen molar-refractivity contribution in [2.75, 3.05) is 13.2 Å². The zero-order valence-corrected chi connectivity index (χ0v) is 13.7. The summed E-state index contributed by atoms with van der Waals surface area (Å²) in [6.07, 6.45) is 1.40. The van der Waals surface area contributed by atoms with Crippen molar-refractivity contribution in [3.63, 3.8) is 0 Å². The van der Waals surface area contributed by atoms with E-state index in [9.17, 15) is 14.0 Å². The minimum Gasteiger partial charge on any atom is -0.493 e. The van der Waals surface area contributed by atoms with Gasteiger partial charge in [-0.05, 0) is 42.7 Å². The second-order valence-electron chi connectivity index (χ2n) is 5.51. The van der Waals surface area contributed by atoms with Crippen LogP contribution in [0, 0.1) is 5.82 Å². The van der Waals surface area contributed by atoms with Crippen molar-refractivity contribution in [2.24, 2.45) is 0 Å². The lowest BCUT2D eigenvalue weighted by Crippen LogP contribution is -2.25. The lowest BCUT2D eigenvalue weighted by atomic mass is 10.1. The van der Waals surface area contributed by atoms with Gasteiger partial charge < -0.3 is 15.2 Å². The van der Waals surface area contributed by atoms with Crippen molar-refractivity contribution in [1.29, 1.82) is 0 Å². The second kappa shape index (κ2) is 9.42. The molecule has 2 N–H and O–H groups in total. The molecule has 0 fully saturated rings. The van der Waals surface area contributed by atoms with Gasteiger partial charge in [-0.1, -0.05) is 18.2 Å². The predicted molar refractivity (Wildman–Crippen MR) is 91.2 cm³/mol. The Kier molecular flexibility index (Phi) is 6.95. The van der Waals surface area contributed by atoms with Gasteiger partial charge in [0, 0.05) is 19.0 Å². The summed E-state index contributed by atoms with van der Waals surface area (Å²) in [6, 6.07) is 12.5. The highest BCUT2D eigenvalue weighted by molar-refractivity contribution is 5.87. The number of amides is 1. The van der Waals surface area contributed by atoms with Gasteiger partial charge in [-0.2, -0.15) is 0 Å². The molecule has 1 amide bonds. The molecule has 25 heavy (non-hydrogen) atoms. The molecule has 0 aliphatic heterocycles. The fraction of sp³-hybridized carbons (Fsp3) is 0.263. The van der Waals surface area contributed by atoms with E-state index >= 15 is 0 Å². The first kappa shape index (κ1) is 18.4. The third-order valence-corrected chi connectivity index (χ3v) is 3.52. The number of aromatic carboxylic acids is 1. The first-order valence-electron chi connectivity index (χ1n) is 8.02. The van der Waals surface area contributed by atoms with Gasteiger partial charge in [0.25, 0.3) is 0 Å². The van der Waals surface area contributed by atoms with Gasteiger partial charge in [-0.15, -0.1) is 0 Å². The van der Waals surface area contributed by atoms with E-state index in [0.29, 0.717) is 38.2 Å². The normalized spacial score (nSPS) is 10.3. The fourth-order valence-electron chi connectivity index (χ4n) is 2.27. The average molecular weight is 345 g/mol. The zero-order chi connectivity index (χ0) is 18.1. The van der Waals surface area contributed by atoms with Crippen LogP contribution in [0.15, 0.2) is 48.5 Å². The van der Waals surface area contributed by atoms with E-state index in [0.717, 1.165) is 5.56 Å². The molecule has 0 radical (unpaired) electrons. The summed E-state index contributed by atoms with van der Waals surface area (Å²) in [6.45, 7) is 0.768. The molecular formula is C19H20FNO4. The maximum Gasteiger partial charge on any atom is 0.335 e. The summed E-state index contributed by atoms with van der Waals surface area (Å²) in [5, 5.41) is 11.7. The minimum atomic E-state index is -0.968. The third-order valence-electron chi connectivity index (χ3n) is 3.52. The monoisotopic (exact) mass is 345 g/mol. The molecule has 132 valence electrons. The topological polar surface area (TPSA) is 75.6 Å². The van der Waals surface area contributed by atoms with Gasteiger partial charge in [-0.3, -0.25) is 4.79 Å². The molecule has 0 atom stereocenters. The second-order valence-corrected chi connectivity index (χ2v) is 5.51. The van der Waals surface area contributed by atoms with Crippen molar-refractivity contribution in [3.05, 3.63) is 65.5 Å². The molecular weight excluding hydrogens is 325 g/mol. The molecule has 0 aliphatic carbocycles. The van der Waals surface area contributed by atoms with Gasteiger partial charge in [0.2, 0.25) is 5.91 Å². The Morgan fingerprint density at radius 2 is 1.92 bits per heavy atom. The van der Waals surface area contributed by atoms with Crippen molar-refractivity contribution in [3.8, 4) is 5.75 Å². The Hall–Kier alpha value is -2.89. The smallest absolute Gasteiger partial charge is 0.335 e. The highest BCUT2D eigenvalue weighted by Crippen LogP contribution is 2.12. The summed E-state index contributed by atoms with van der Waals surface area (Å²) in [7, 11) is 0. The number of carbonyl (C=O) groups excluding carboxylic acids is 1. The Morgan fingerprint density at radius 3 is 2.68 bits per heavy atom. The third kappa shape index (κ3) is 6.63. The summed E-state index contributed by atoms with van der Waals surface area (Å²) >= 11 is 0. The van der Waals surface area contributed by atoms with Crippen LogP contribution < -0.4 is 10.1 Å². The molecule has 6 heteroatoms. The zero-order valence-electron chi connectivity index (χ0n) is 13.7. The highest BCUT2D eigenvalue weighted by Gasteiger charge is 2.05. The number of carbonyl (C=O) groups is 2. The van der Waals surface area contributed by atoms with Crippen LogP contribution in [-0.2, 0) is 11.2 Å². The van der Waals surface area contributed by atoms with Crippen LogP contribution in [0.3, 0.4) is 0 Å². The van der Waals surface area contributed by atoms with Crippen LogP contribution >= 0.6 is 0 Å². The van der Waals surface area contributed by atoms with Crippen molar-refractivity contribution in [2.45, 2.75) is 19.3 Å². The first-order chi connectivity index (χ1) is 12.0. The molecule has 2 aromatic carbocycles. The molecule has 5 nitrogen and oxygen atoms in total. The molecule has 2 rings (SSSR count). The van der Waals surface area contributed by atoms with Gasteiger partial charge in [0.15, 0.2) is 0 Å². The van der Waals surface area contributed by atoms with Crippen molar-refractivity contribution >= 4 is 11.9 Å². The van der Waals surface area contributed by atoms with Gasteiger partial charge >= 0.3 is 5.97 Å². The SMILES string of the molecule is O=C(CCCOc1cccc(F)c1)NCCc1cccc(C(=O)O)c1. The maximum atomic E-state index is 13.0. The number of nitrogens with one attached hydrogen (secondary N) is 1. The summed E-state index contributed by atoms with van der Waals surface area (Å²) in [4.78, 5) is 22.7. The molecule has 0 aromatic heterocycles. The van der Waals surface area contributed by atoms with E-state index in [-0.39, 0.29) is 17.3 Å². The largest absolute Gasteiger partial charge is 0.493 e. The lowest BCUT2D eigenvalue weighted by Gasteiger charge is -2.07. The lowest BCUT2D eigenvalue weighted by molar-refractivity contribution is -0.121. The molecule has 0 heterocycles. The van der Waals surface area contributed by atoms with Crippen LogP contribution in [-0.4, -0.2) is 30.1 Å². The summed E-state index contributed by atoms with van der Waals surface area (Å²) in [5.41, 5.74) is 1.09. The highest BCUT2D eigenvalue weighted by atomic mass is 19.1. The molecule has 0 spiro atoms. The average Bonchev–Trinajstić information content (AvgIpc) is 2.59. The number of rotatable bonds is 9. The molecule has 0 saturated carbocycles. The first-order valence-corrected chi connectivity index (χ1v) is 8.02. The van der Waals surface area contributed by atoms with E-state index in [4.69, 9.17) is 9.84 Å². The molecule has 0 aliphatic rings. The number of ether oxygens (including phenoxy) is 1. The quantitative estimate of drug-likeness (QED) is 0.685. The Morgan fingerprint density at radius 1 is 1.12 bits per heavy atom. The van der Waals surface area contributed by atoms with Crippen LogP contribution in [0.1, 0.15) is 28.8 Å². The van der Waals surface area contributed by atoms with Crippen LogP contribution in [0.2, 0.25) is 0 Å². The Bertz CT molecular complexity index is 733. The van der Waals surface area contributed by atoms with Gasteiger partial charge in [0.1, 0.15) is 11.6 Å². The number of carboxylic acid groups (broad SMARTS) is 1. The van der Waals surface area contributed by atoms with Crippen molar-refractivity contribution in [1.82, 2.24) is 5.32 Å². The Labute approximate surface area is 145 Å². The number of hydrogen-bond donors (Lipinski definition) is 2. The maximum absolute atomic E-state index is 13.0. The van der Waals surface area contributed by atoms with E-state index in [1.807, 2.05) is 6.07 Å². The number of halogens is 1. The van der Waals surface area contributed by atoms with Gasteiger partial charge in [-0.25, -0.2) is 9.18 Å². The van der Waals surface area contributed by atoms with Crippen LogP contribution in [0.5, 0.6) is 5.75 Å². The number of benzene rings is 2. The summed E-state index contributed by atoms with van der Waals surface area (Å²) < 4.78 is 18.3. The van der Waals surface area contributed by atoms with E-state index in [1.54, 1.807) is 24.3 Å². The number of carboxylic acids is 1. The van der Waals surface area contributed by atoms with Gasteiger partial charge in [0.05, 0.1) is 12.2 Å². The molecule has 2 aromatic rings. The Balaban J connectivity index is 1.62. The van der Waals surface area contributed by atoms with Crippen LogP contribution in [0.25, 0.3) is 0 Å². The van der Waals surface area contributed by atoms with E-state index < -0.39 is 5.97 Å². The van der Waals surface area contributed by atoms with Crippen molar-refractivity contribution < 1.29 is 23.8 Å². The summed E-state index contributed by atoms with van der Waals surface area (Å²) in [5.74, 6) is -0.984. The number of hydrogen-bond acceptors (Lipinski definition) is 3.